The third-order valence-corrected chi connectivity index (χ3v) is 23.3. The summed E-state index contributed by atoms with van der Waals surface area (Å²) in [6.45, 7) is 10.3. The predicted octanol–water partition coefficient (Wildman–Crippen LogP) is 8.46. The molecule has 15 unspecified atom stereocenters. The molecule has 15 atom stereocenters. The summed E-state index contributed by atoms with van der Waals surface area (Å²) in [5.74, 6) is 6.63. The molecule has 2 bridgehead atoms. The summed E-state index contributed by atoms with van der Waals surface area (Å²) in [5.41, 5.74) is -1.41. The maximum Gasteiger partial charge on any atom is 0.332 e. The summed E-state index contributed by atoms with van der Waals surface area (Å²) in [6.07, 6.45) is 15.3. The molecule has 414 valence electrons. The maximum atomic E-state index is 15.8. The summed E-state index contributed by atoms with van der Waals surface area (Å²) in [6, 6.07) is 3.57. The van der Waals surface area contributed by atoms with Crippen LogP contribution in [0.4, 0.5) is 0 Å². The SMILES string of the molecule is CC(=O)OC1CC(OC(=O)C23CCCCC2CCC(=O)N3)C2(CCNCC2)C2c3ccc(O)c4c3C(CC2C#CCC2CC(C)(O)CSSC3C=CC(CC21)C(O)C3NCCCC(C)C)C(C1(CO)CCCC1)CO4. The van der Waals surface area contributed by atoms with Gasteiger partial charge >= 0.3 is 11.9 Å². The Balaban J connectivity index is 1.14. The molecule has 1 amide bonds. The Morgan fingerprint density at radius 2 is 1.80 bits per heavy atom. The molecular formula is C60H87N3O10S2. The van der Waals surface area contributed by atoms with Crippen molar-refractivity contribution >= 4 is 39.4 Å². The fourth-order valence-electron chi connectivity index (χ4n) is 16.6. The predicted molar refractivity (Wildman–Crippen MR) is 293 cm³/mol. The largest absolute Gasteiger partial charge is 0.504 e. The molecule has 13 nitrogen and oxygen atoms in total. The number of hydrogen-bond donors (Lipinski definition) is 7. The Labute approximate surface area is 454 Å². The summed E-state index contributed by atoms with van der Waals surface area (Å²) < 4.78 is 20.8. The number of amides is 1. The lowest BCUT2D eigenvalue weighted by atomic mass is 9.51. The molecule has 1 aromatic carbocycles. The topological polar surface area (TPSA) is 196 Å². The van der Waals surface area contributed by atoms with Gasteiger partial charge < -0.3 is 50.6 Å². The Kier molecular flexibility index (Phi) is 17.0. The minimum Gasteiger partial charge on any atom is -0.504 e. The quantitative estimate of drug-likeness (QED) is 0.0388. The molecule has 0 radical (unpaired) electrons. The fraction of sp³-hybridized carbons (Fsp3) is 0.783. The number of phenolic OH excluding ortho intramolecular Hbond substituents is 1. The lowest BCUT2D eigenvalue weighted by Crippen LogP contribution is -2.65. The molecule has 15 heteroatoms. The van der Waals surface area contributed by atoms with Gasteiger partial charge in [-0.2, -0.15) is 0 Å². The average Bonchev–Trinajstić information content (AvgIpc) is 3.89. The summed E-state index contributed by atoms with van der Waals surface area (Å²) in [7, 11) is 3.33. The van der Waals surface area contributed by atoms with Gasteiger partial charge in [-0.15, -0.1) is 5.92 Å². The zero-order valence-corrected chi connectivity index (χ0v) is 46.8. The molecule has 5 aliphatic carbocycles. The van der Waals surface area contributed by atoms with Gasteiger partial charge in [-0.1, -0.05) is 85.3 Å². The highest BCUT2D eigenvalue weighted by atomic mass is 33.1. The number of aliphatic hydroxyl groups excluding tert-OH is 2. The van der Waals surface area contributed by atoms with Crippen molar-refractivity contribution in [1.29, 1.82) is 0 Å². The van der Waals surface area contributed by atoms with E-state index in [0.717, 1.165) is 75.5 Å². The van der Waals surface area contributed by atoms with Gasteiger partial charge in [0.25, 0.3) is 0 Å². The second kappa shape index (κ2) is 23.0. The standard InChI is InChI=1S/C60H87N3O10S2/c1-36(2)11-10-26-62-53-48-19-15-39(54(53)68)30-43-40(32-57(4,70)35-74-75-48)13-9-12-38-29-44-45(58(34-64)21-7-8-22-58)33-71-55-46(66)18-17-42(51(44)55)52(38)59(24-27-61-28-25-59)49(31-47(43)72-37(3)65)73-56(69)60-23-6-5-14-41(60)16-20-50(67)63-60/h15,17-19,36,38-41,43-45,47-49,52-54,61-62,64,66,68,70H,5-8,10-11,13-14,16,20-35H2,1-4H3,(H,63,67). The summed E-state index contributed by atoms with van der Waals surface area (Å²) >= 11 is 0. The molecule has 0 aromatic heterocycles. The van der Waals surface area contributed by atoms with Gasteiger partial charge in [-0.25, -0.2) is 4.79 Å². The van der Waals surface area contributed by atoms with Gasteiger partial charge in [0.1, 0.15) is 17.7 Å². The average molecular weight is 1070 g/mol. The van der Waals surface area contributed by atoms with Crippen LogP contribution in [-0.2, 0) is 23.9 Å². The lowest BCUT2D eigenvalue weighted by molar-refractivity contribution is -0.183. The van der Waals surface area contributed by atoms with Crippen LogP contribution < -0.4 is 20.7 Å². The first-order chi connectivity index (χ1) is 36.1. The Bertz CT molecular complexity index is 2320. The molecule has 2 saturated carbocycles. The molecule has 1 spiro atoms. The molecule has 7 N–H and O–H groups in total. The van der Waals surface area contributed by atoms with E-state index in [-0.39, 0.29) is 82.8 Å². The number of carbonyl (C=O) groups excluding carboxylic acids is 3. The van der Waals surface area contributed by atoms with Crippen molar-refractivity contribution < 1.29 is 49.0 Å². The van der Waals surface area contributed by atoms with Crippen LogP contribution in [0.3, 0.4) is 0 Å². The number of aromatic hydroxyl groups is 1. The van der Waals surface area contributed by atoms with E-state index in [2.05, 4.69) is 59.9 Å². The molecule has 5 fully saturated rings. The van der Waals surface area contributed by atoms with Crippen LogP contribution in [0.25, 0.3) is 0 Å². The van der Waals surface area contributed by atoms with Gasteiger partial charge in [0.15, 0.2) is 11.5 Å². The second-order valence-electron chi connectivity index (χ2n) is 25.5. The molecule has 1 aromatic rings. The number of rotatable bonds is 10. The number of hydrogen-bond acceptors (Lipinski definition) is 14. The number of benzene rings is 1. The van der Waals surface area contributed by atoms with E-state index in [0.29, 0.717) is 94.9 Å². The number of phenols is 1. The van der Waals surface area contributed by atoms with Gasteiger partial charge in [-0.05, 0) is 139 Å². The van der Waals surface area contributed by atoms with E-state index in [1.54, 1.807) is 27.7 Å². The number of nitrogens with one attached hydrogen (secondary N) is 3. The third kappa shape index (κ3) is 11.0. The van der Waals surface area contributed by atoms with Crippen molar-refractivity contribution in [2.24, 2.45) is 52.3 Å². The summed E-state index contributed by atoms with van der Waals surface area (Å²) in [5, 5.41) is 58.8. The van der Waals surface area contributed by atoms with Crippen LogP contribution in [-0.4, -0.2) is 118 Å². The van der Waals surface area contributed by atoms with Crippen LogP contribution in [0.15, 0.2) is 24.3 Å². The highest BCUT2D eigenvalue weighted by Gasteiger charge is 2.61. The van der Waals surface area contributed by atoms with Gasteiger partial charge in [0, 0.05) is 90.6 Å². The lowest BCUT2D eigenvalue weighted by Gasteiger charge is -2.56. The Hall–Kier alpha value is -2.97. The van der Waals surface area contributed by atoms with Crippen molar-refractivity contribution in [3.63, 3.8) is 0 Å². The molecule has 5 aliphatic heterocycles. The molecular weight excluding hydrogens is 987 g/mol. The number of esters is 2. The number of ether oxygens (including phenoxy) is 3. The first-order valence-corrected chi connectivity index (χ1v) is 31.5. The number of fused-ring (bicyclic) bond motifs is 9. The fourth-order valence-corrected chi connectivity index (χ4v) is 19.7. The monoisotopic (exact) mass is 1070 g/mol. The van der Waals surface area contributed by atoms with Crippen LogP contribution in [0.2, 0.25) is 0 Å². The molecule has 3 saturated heterocycles. The van der Waals surface area contributed by atoms with E-state index in [1.807, 2.05) is 6.92 Å². The van der Waals surface area contributed by atoms with E-state index in [9.17, 15) is 30.0 Å². The van der Waals surface area contributed by atoms with Gasteiger partial charge in [0.05, 0.1) is 23.6 Å². The zero-order valence-electron chi connectivity index (χ0n) is 45.1. The first kappa shape index (κ1) is 55.3. The van der Waals surface area contributed by atoms with Crippen molar-refractivity contribution in [3.05, 3.63) is 35.4 Å². The number of aliphatic hydroxyl groups is 3. The Morgan fingerprint density at radius 3 is 2.56 bits per heavy atom. The molecule has 75 heavy (non-hydrogen) atoms. The van der Waals surface area contributed by atoms with Gasteiger partial charge in [-0.3, -0.25) is 9.59 Å². The van der Waals surface area contributed by atoms with E-state index >= 15 is 4.79 Å². The number of carbonyl (C=O) groups is 3. The van der Waals surface area contributed by atoms with Crippen LogP contribution >= 0.6 is 21.6 Å². The van der Waals surface area contributed by atoms with Crippen molar-refractivity contribution in [2.75, 3.05) is 38.6 Å². The molecule has 11 rings (SSSR count). The van der Waals surface area contributed by atoms with Crippen molar-refractivity contribution in [1.82, 2.24) is 16.0 Å². The zero-order chi connectivity index (χ0) is 52.7. The Morgan fingerprint density at radius 1 is 1.01 bits per heavy atom. The van der Waals surface area contributed by atoms with Crippen LogP contribution in [0.5, 0.6) is 11.5 Å². The van der Waals surface area contributed by atoms with E-state index in [4.69, 9.17) is 14.2 Å². The minimum absolute atomic E-state index is 0.00794. The smallest absolute Gasteiger partial charge is 0.332 e. The first-order valence-electron chi connectivity index (χ1n) is 29.2. The van der Waals surface area contributed by atoms with Crippen molar-refractivity contribution in [2.45, 2.75) is 202 Å². The normalized spacial score (nSPS) is 39.0. The highest BCUT2D eigenvalue weighted by molar-refractivity contribution is 8.77. The second-order valence-corrected chi connectivity index (χ2v) is 28.1. The van der Waals surface area contributed by atoms with Crippen LogP contribution in [0.1, 0.15) is 173 Å². The maximum absolute atomic E-state index is 15.8. The highest BCUT2D eigenvalue weighted by Crippen LogP contribution is 2.65. The third-order valence-electron chi connectivity index (χ3n) is 20.3. The van der Waals surface area contributed by atoms with Gasteiger partial charge in [0.2, 0.25) is 5.91 Å². The summed E-state index contributed by atoms with van der Waals surface area (Å²) in [4.78, 5) is 43.2. The van der Waals surface area contributed by atoms with E-state index < -0.39 is 52.7 Å². The van der Waals surface area contributed by atoms with Crippen LogP contribution in [0, 0.1) is 64.1 Å². The van der Waals surface area contributed by atoms with Crippen molar-refractivity contribution in [3.8, 4) is 23.3 Å². The molecule has 10 aliphatic rings. The minimum atomic E-state index is -1.19. The number of piperidine rings is 2. The molecule has 5 heterocycles. The van der Waals surface area contributed by atoms with E-state index in [1.165, 1.54) is 6.92 Å².